The molecular weight excluding hydrogens is 347 g/mol. The minimum Gasteiger partial charge on any atom is -0.387 e. The first kappa shape index (κ1) is 17.0. The van der Waals surface area contributed by atoms with Gasteiger partial charge in [-0.1, -0.05) is 0 Å². The Labute approximate surface area is 133 Å². The largest absolute Gasteiger partial charge is 0.469 e. The molecule has 0 aromatic carbocycles. The van der Waals surface area contributed by atoms with Crippen LogP contribution in [0.15, 0.2) is 17.2 Å². The van der Waals surface area contributed by atoms with Crippen LogP contribution < -0.4 is 11.3 Å². The molecule has 1 aliphatic rings. The Morgan fingerprint density at radius 1 is 1.42 bits per heavy atom. The summed E-state index contributed by atoms with van der Waals surface area (Å²) in [5.74, 6) is 0.110. The summed E-state index contributed by atoms with van der Waals surface area (Å²) in [5.41, 5.74) is 5.28. The van der Waals surface area contributed by atoms with Crippen molar-refractivity contribution < 1.29 is 33.8 Å². The number of aromatic amines is 1. The highest BCUT2D eigenvalue weighted by Crippen LogP contribution is 2.38. The van der Waals surface area contributed by atoms with E-state index >= 15 is 0 Å². The van der Waals surface area contributed by atoms with Crippen molar-refractivity contribution in [3.63, 3.8) is 0 Å². The SMILES string of the molecule is Nc1cc2ncn([C@@H]3O[C@H](COP(=O)(O)O)[C@@H](O)[C@@H]3O)c2c(=O)[nH]1. The molecule has 12 nitrogen and oxygen atoms in total. The third kappa shape index (κ3) is 3.08. The van der Waals surface area contributed by atoms with E-state index in [0.29, 0.717) is 0 Å². The van der Waals surface area contributed by atoms with Gasteiger partial charge in [0.2, 0.25) is 0 Å². The lowest BCUT2D eigenvalue weighted by Crippen LogP contribution is -2.33. The minimum absolute atomic E-state index is 0.0667. The number of nitrogens with two attached hydrogens (primary N) is 1. The van der Waals surface area contributed by atoms with Crippen molar-refractivity contribution in [3.8, 4) is 0 Å². The topological polar surface area (TPSA) is 193 Å². The zero-order valence-electron chi connectivity index (χ0n) is 12.0. The molecule has 0 spiro atoms. The van der Waals surface area contributed by atoms with Gasteiger partial charge >= 0.3 is 7.82 Å². The van der Waals surface area contributed by atoms with Crippen LogP contribution >= 0.6 is 7.82 Å². The monoisotopic (exact) mass is 362 g/mol. The summed E-state index contributed by atoms with van der Waals surface area (Å²) < 4.78 is 21.6. The van der Waals surface area contributed by atoms with Crippen molar-refractivity contribution in [1.29, 1.82) is 0 Å². The zero-order chi connectivity index (χ0) is 17.6. The first-order valence-electron chi connectivity index (χ1n) is 6.74. The third-order valence-electron chi connectivity index (χ3n) is 3.61. The number of ether oxygens (including phenoxy) is 1. The van der Waals surface area contributed by atoms with Gasteiger partial charge in [0.25, 0.3) is 5.56 Å². The number of nitrogens with zero attached hydrogens (tertiary/aromatic N) is 2. The number of phosphoric ester groups is 1. The molecule has 132 valence electrons. The van der Waals surface area contributed by atoms with Crippen molar-refractivity contribution in [3.05, 3.63) is 22.7 Å². The molecule has 3 rings (SSSR count). The summed E-state index contributed by atoms with van der Waals surface area (Å²) >= 11 is 0. The summed E-state index contributed by atoms with van der Waals surface area (Å²) in [6.45, 7) is -0.644. The average molecular weight is 362 g/mol. The van der Waals surface area contributed by atoms with Gasteiger partial charge in [-0.15, -0.1) is 0 Å². The van der Waals surface area contributed by atoms with Crippen LogP contribution in [0.3, 0.4) is 0 Å². The number of H-pyrrole nitrogens is 1. The van der Waals surface area contributed by atoms with Crippen molar-refractivity contribution in [2.45, 2.75) is 24.5 Å². The molecule has 7 N–H and O–H groups in total. The highest BCUT2D eigenvalue weighted by atomic mass is 31.2. The molecule has 0 unspecified atom stereocenters. The second kappa shape index (κ2) is 5.93. The molecule has 1 aliphatic heterocycles. The molecule has 1 fully saturated rings. The van der Waals surface area contributed by atoms with Gasteiger partial charge in [0.05, 0.1) is 18.5 Å². The molecule has 0 radical (unpaired) electrons. The van der Waals surface area contributed by atoms with Crippen molar-refractivity contribution >= 4 is 24.7 Å². The molecule has 4 atom stereocenters. The van der Waals surface area contributed by atoms with E-state index in [1.54, 1.807) is 0 Å². The van der Waals surface area contributed by atoms with Crippen LogP contribution in [0.4, 0.5) is 5.82 Å². The Morgan fingerprint density at radius 3 is 2.79 bits per heavy atom. The fraction of sp³-hybridized carbons (Fsp3) is 0.455. The molecule has 13 heteroatoms. The van der Waals surface area contributed by atoms with Crippen LogP contribution in [0, 0.1) is 0 Å². The molecule has 2 aromatic rings. The maximum Gasteiger partial charge on any atom is 0.469 e. The summed E-state index contributed by atoms with van der Waals surface area (Å²) in [6, 6.07) is 1.42. The predicted molar refractivity (Wildman–Crippen MR) is 78.7 cm³/mol. The van der Waals surface area contributed by atoms with Crippen LogP contribution in [-0.2, 0) is 13.8 Å². The molecule has 0 aliphatic carbocycles. The Hall–Kier alpha value is -1.79. The predicted octanol–water partition coefficient (Wildman–Crippen LogP) is -1.96. The molecule has 3 heterocycles. The van der Waals surface area contributed by atoms with Gasteiger partial charge in [-0.3, -0.25) is 13.9 Å². The second-order valence-corrected chi connectivity index (χ2v) is 6.51. The number of nitrogen functional groups attached to an aromatic ring is 1. The summed E-state index contributed by atoms with van der Waals surface area (Å²) in [7, 11) is -4.76. The van der Waals surface area contributed by atoms with Gasteiger partial charge in [-0.05, 0) is 0 Å². The number of imidazole rings is 1. The van der Waals surface area contributed by atoms with E-state index in [1.165, 1.54) is 17.0 Å². The minimum atomic E-state index is -4.76. The van der Waals surface area contributed by atoms with Crippen molar-refractivity contribution in [2.24, 2.45) is 0 Å². The number of aliphatic hydroxyl groups is 2. The van der Waals surface area contributed by atoms with Crippen LogP contribution in [-0.4, -0.2) is 59.5 Å². The molecule has 2 aromatic heterocycles. The number of aromatic nitrogens is 3. The summed E-state index contributed by atoms with van der Waals surface area (Å²) in [4.78, 5) is 35.8. The smallest absolute Gasteiger partial charge is 0.387 e. The number of nitrogens with one attached hydrogen (secondary N) is 1. The third-order valence-corrected chi connectivity index (χ3v) is 4.09. The highest BCUT2D eigenvalue weighted by Gasteiger charge is 2.45. The Balaban J connectivity index is 1.90. The lowest BCUT2D eigenvalue weighted by atomic mass is 10.1. The van der Waals surface area contributed by atoms with Crippen LogP contribution in [0.2, 0.25) is 0 Å². The van der Waals surface area contributed by atoms with Gasteiger partial charge in [0.1, 0.15) is 29.6 Å². The van der Waals surface area contributed by atoms with E-state index in [2.05, 4.69) is 14.5 Å². The fourth-order valence-electron chi connectivity index (χ4n) is 2.55. The fourth-order valence-corrected chi connectivity index (χ4v) is 2.89. The molecule has 1 saturated heterocycles. The average Bonchev–Trinajstić information content (AvgIpc) is 2.99. The quantitative estimate of drug-likeness (QED) is 0.332. The number of anilines is 1. The highest BCUT2D eigenvalue weighted by molar-refractivity contribution is 7.46. The van der Waals surface area contributed by atoms with Gasteiger partial charge in [0.15, 0.2) is 6.23 Å². The number of pyridine rings is 1. The second-order valence-electron chi connectivity index (χ2n) is 5.27. The van der Waals surface area contributed by atoms with Crippen LogP contribution in [0.5, 0.6) is 0 Å². The first-order valence-corrected chi connectivity index (χ1v) is 8.27. The van der Waals surface area contributed by atoms with Crippen molar-refractivity contribution in [2.75, 3.05) is 12.3 Å². The number of phosphoric acid groups is 1. The van der Waals surface area contributed by atoms with Gasteiger partial charge in [-0.2, -0.15) is 0 Å². The molecule has 24 heavy (non-hydrogen) atoms. The number of fused-ring (bicyclic) bond motifs is 1. The van der Waals surface area contributed by atoms with E-state index in [4.69, 9.17) is 20.3 Å². The van der Waals surface area contributed by atoms with Gasteiger partial charge in [-0.25, -0.2) is 9.55 Å². The lowest BCUT2D eigenvalue weighted by molar-refractivity contribution is -0.0502. The van der Waals surface area contributed by atoms with E-state index in [0.717, 1.165) is 0 Å². The van der Waals surface area contributed by atoms with E-state index in [-0.39, 0.29) is 16.9 Å². The standard InChI is InChI=1S/C11H15N4O8P/c12-6-1-4-7(10(18)14-6)15(3-13-4)11-9(17)8(16)5(23-11)2-22-24(19,20)21/h1,3,5,8-9,11,16-17H,2H2,(H3,12,14,18)(H2,19,20,21)/t5-,8-,9+,11-/m1/s1. The number of hydrogen-bond acceptors (Lipinski definition) is 8. The molecular formula is C11H15N4O8P. The zero-order valence-corrected chi connectivity index (χ0v) is 12.9. The molecule has 0 saturated carbocycles. The van der Waals surface area contributed by atoms with E-state index < -0.39 is 44.5 Å². The number of hydrogen-bond donors (Lipinski definition) is 6. The number of rotatable bonds is 4. The lowest BCUT2D eigenvalue weighted by Gasteiger charge is -2.16. The van der Waals surface area contributed by atoms with Crippen LogP contribution in [0.25, 0.3) is 11.0 Å². The first-order chi connectivity index (χ1) is 11.2. The summed E-state index contributed by atoms with van der Waals surface area (Å²) in [6.07, 6.45) is -4.12. The molecule has 0 amide bonds. The Morgan fingerprint density at radius 2 is 2.12 bits per heavy atom. The number of aliphatic hydroxyl groups excluding tert-OH is 2. The van der Waals surface area contributed by atoms with Gasteiger partial charge < -0.3 is 35.5 Å². The van der Waals surface area contributed by atoms with E-state index in [1.807, 2.05) is 0 Å². The Kier molecular flexibility index (Phi) is 4.21. The summed E-state index contributed by atoms with van der Waals surface area (Å²) in [5, 5.41) is 20.1. The molecule has 0 bridgehead atoms. The normalized spacial score (nSPS) is 27.8. The Bertz CT molecular complexity index is 859. The van der Waals surface area contributed by atoms with Gasteiger partial charge in [0, 0.05) is 6.07 Å². The maximum atomic E-state index is 12.0. The van der Waals surface area contributed by atoms with Crippen molar-refractivity contribution in [1.82, 2.24) is 14.5 Å². The maximum absolute atomic E-state index is 12.0. The van der Waals surface area contributed by atoms with Crippen LogP contribution in [0.1, 0.15) is 6.23 Å². The van der Waals surface area contributed by atoms with E-state index in [9.17, 15) is 19.6 Å².